The van der Waals surface area contributed by atoms with Crippen LogP contribution in [0, 0.1) is 0 Å². The van der Waals surface area contributed by atoms with E-state index in [0.717, 1.165) is 22.8 Å². The summed E-state index contributed by atoms with van der Waals surface area (Å²) in [6, 6.07) is 8.18. The normalized spacial score (nSPS) is 27.5. The first kappa shape index (κ1) is 17.0. The summed E-state index contributed by atoms with van der Waals surface area (Å²) < 4.78 is 8.92. The Kier molecular flexibility index (Phi) is 5.38. The van der Waals surface area contributed by atoms with Crippen LogP contribution in [0.4, 0.5) is 0 Å². The zero-order valence-corrected chi connectivity index (χ0v) is 17.1. The summed E-state index contributed by atoms with van der Waals surface area (Å²) in [4.78, 5) is 1.00. The zero-order chi connectivity index (χ0) is 15.7. The van der Waals surface area contributed by atoms with Gasteiger partial charge in [0.2, 0.25) is 0 Å². The van der Waals surface area contributed by atoms with E-state index in [1.165, 1.54) is 10.6 Å². The number of thiocarbonyl (C=S) groups is 1. The van der Waals surface area contributed by atoms with E-state index in [9.17, 15) is 0 Å². The highest BCUT2D eigenvalue weighted by Gasteiger charge is 2.42. The maximum Gasteiger partial charge on any atom is 0.118 e. The second kappa shape index (κ2) is 6.96. The van der Waals surface area contributed by atoms with E-state index in [0.29, 0.717) is 0 Å². The van der Waals surface area contributed by atoms with E-state index in [2.05, 4.69) is 18.2 Å². The highest BCUT2D eigenvalue weighted by molar-refractivity contribution is 9.42. The highest BCUT2D eigenvalue weighted by atomic mass is 33.7. The average Bonchev–Trinajstić information content (AvgIpc) is 2.52. The van der Waals surface area contributed by atoms with Crippen LogP contribution in [0.15, 0.2) is 47.5 Å². The van der Waals surface area contributed by atoms with Crippen LogP contribution in [0.3, 0.4) is 0 Å². The van der Waals surface area contributed by atoms with Gasteiger partial charge in [-0.05, 0) is 36.4 Å². The summed E-state index contributed by atoms with van der Waals surface area (Å²) in [7, 11) is 3.37. The van der Waals surface area contributed by atoms with Gasteiger partial charge in [0, 0.05) is 21.9 Å². The summed E-state index contributed by atoms with van der Waals surface area (Å²) in [5.41, 5.74) is 0. The molecule has 1 aromatic carbocycles. The van der Waals surface area contributed by atoms with Crippen LogP contribution in [0.5, 0.6) is 5.75 Å². The minimum absolute atomic E-state index is 0.335. The molecule has 0 atom stereocenters. The molecule has 1 saturated heterocycles. The lowest BCUT2D eigenvalue weighted by Gasteiger charge is -2.39. The Labute approximate surface area is 149 Å². The van der Waals surface area contributed by atoms with Crippen molar-refractivity contribution in [3.8, 4) is 5.75 Å². The molecule has 116 valence electrons. The fraction of sp³-hybridized carbons (Fsp3) is 0.214. The van der Waals surface area contributed by atoms with Gasteiger partial charge in [-0.25, -0.2) is 0 Å². The molecule has 8 heteroatoms. The number of hydrogen-bond donors (Lipinski definition) is 0. The van der Waals surface area contributed by atoms with Gasteiger partial charge in [0.1, 0.15) is 11.5 Å². The standard InChI is InChI=1S/C14H14O2P2S4/c1-15-10-3-6-12(7-4-10)18(20)21-17(22-18)13-8-5-11(16-2)9-14(13)19/h3-8H,9H2,1-2H3. The molecule has 3 rings (SSSR count). The van der Waals surface area contributed by atoms with Gasteiger partial charge in [-0.2, -0.15) is 0 Å². The van der Waals surface area contributed by atoms with Crippen LogP contribution in [0.25, 0.3) is 0 Å². The molecule has 1 aliphatic carbocycles. The van der Waals surface area contributed by atoms with Crippen LogP contribution in [-0.2, 0) is 16.5 Å². The number of allylic oxidation sites excluding steroid dienone is 4. The van der Waals surface area contributed by atoms with Gasteiger partial charge in [0.05, 0.1) is 25.0 Å². The quantitative estimate of drug-likeness (QED) is 0.476. The van der Waals surface area contributed by atoms with Gasteiger partial charge < -0.3 is 9.47 Å². The maximum atomic E-state index is 5.91. The lowest BCUT2D eigenvalue weighted by molar-refractivity contribution is 0.287. The van der Waals surface area contributed by atoms with Gasteiger partial charge in [0.15, 0.2) is 0 Å². The number of methoxy groups -OCH3 is 2. The molecule has 22 heavy (non-hydrogen) atoms. The molecule has 0 unspecified atom stereocenters. The molecule has 1 aliphatic heterocycles. The molecule has 0 bridgehead atoms. The Morgan fingerprint density at radius 2 is 1.77 bits per heavy atom. The van der Waals surface area contributed by atoms with Crippen LogP contribution in [0.2, 0.25) is 0 Å². The lowest BCUT2D eigenvalue weighted by atomic mass is 10.1. The predicted molar refractivity (Wildman–Crippen MR) is 109 cm³/mol. The Morgan fingerprint density at radius 1 is 1.09 bits per heavy atom. The van der Waals surface area contributed by atoms with Crippen LogP contribution in [0.1, 0.15) is 6.42 Å². The van der Waals surface area contributed by atoms with E-state index in [4.69, 9.17) is 33.5 Å². The number of rotatable bonds is 4. The van der Waals surface area contributed by atoms with Gasteiger partial charge in [0.25, 0.3) is 0 Å². The van der Waals surface area contributed by atoms with Crippen molar-refractivity contribution in [1.82, 2.24) is 0 Å². The molecule has 0 spiro atoms. The van der Waals surface area contributed by atoms with Crippen molar-refractivity contribution in [2.75, 3.05) is 14.2 Å². The summed E-state index contributed by atoms with van der Waals surface area (Å²) >= 11 is 15.3. The molecular formula is C14H14O2P2S4. The molecule has 0 radical (unpaired) electrons. The Balaban J connectivity index is 1.73. The summed E-state index contributed by atoms with van der Waals surface area (Å²) in [5, 5.41) is 2.54. The molecule has 1 heterocycles. The van der Waals surface area contributed by atoms with E-state index < -0.39 is 4.44 Å². The summed E-state index contributed by atoms with van der Waals surface area (Å²) in [5.74, 6) is 1.81. The number of hydrogen-bond acceptors (Lipinski definition) is 6. The van der Waals surface area contributed by atoms with Crippen molar-refractivity contribution in [3.63, 3.8) is 0 Å². The zero-order valence-electron chi connectivity index (χ0n) is 12.0. The van der Waals surface area contributed by atoms with Gasteiger partial charge in [-0.1, -0.05) is 46.0 Å². The monoisotopic (exact) mass is 404 g/mol. The largest absolute Gasteiger partial charge is 0.501 e. The molecular weight excluding hydrogens is 390 g/mol. The van der Waals surface area contributed by atoms with Crippen LogP contribution < -0.4 is 10.0 Å². The minimum Gasteiger partial charge on any atom is -0.501 e. The molecule has 0 aromatic heterocycles. The highest BCUT2D eigenvalue weighted by Crippen LogP contribution is 3.02. The van der Waals surface area contributed by atoms with Crippen molar-refractivity contribution in [2.24, 2.45) is 0 Å². The van der Waals surface area contributed by atoms with Crippen molar-refractivity contribution in [3.05, 3.63) is 47.5 Å². The summed E-state index contributed by atoms with van der Waals surface area (Å²) in [6.45, 7) is 0. The Morgan fingerprint density at radius 3 is 2.32 bits per heavy atom. The van der Waals surface area contributed by atoms with Crippen molar-refractivity contribution < 1.29 is 9.47 Å². The van der Waals surface area contributed by atoms with Crippen molar-refractivity contribution in [2.45, 2.75) is 6.42 Å². The average molecular weight is 404 g/mol. The van der Waals surface area contributed by atoms with Gasteiger partial charge >= 0.3 is 0 Å². The van der Waals surface area contributed by atoms with E-state index in [1.54, 1.807) is 14.2 Å². The maximum absolute atomic E-state index is 5.91. The molecule has 2 aliphatic rings. The first-order chi connectivity index (χ1) is 10.6. The number of ether oxygens (including phenoxy) is 2. The van der Waals surface area contributed by atoms with E-state index >= 15 is 0 Å². The molecule has 0 amide bonds. The predicted octanol–water partition coefficient (Wildman–Crippen LogP) is 5.61. The fourth-order valence-corrected chi connectivity index (χ4v) is 29.0. The first-order valence-corrected chi connectivity index (χ1v) is 15.1. The Hall–Kier alpha value is 0.170. The van der Waals surface area contributed by atoms with Gasteiger partial charge in [-0.15, -0.1) is 0 Å². The second-order valence-electron chi connectivity index (χ2n) is 4.60. The second-order valence-corrected chi connectivity index (χ2v) is 21.7. The lowest BCUT2D eigenvalue weighted by Crippen LogP contribution is -2.08. The third kappa shape index (κ3) is 3.33. The fourth-order valence-electron chi connectivity index (χ4n) is 2.02. The molecule has 2 nitrogen and oxygen atoms in total. The minimum atomic E-state index is -1.56. The third-order valence-corrected chi connectivity index (χ3v) is 28.8. The smallest absolute Gasteiger partial charge is 0.118 e. The molecule has 1 aromatic rings. The van der Waals surface area contributed by atoms with E-state index in [1.807, 2.05) is 40.2 Å². The van der Waals surface area contributed by atoms with Crippen molar-refractivity contribution >= 4 is 67.0 Å². The van der Waals surface area contributed by atoms with Crippen LogP contribution in [-0.4, -0.2) is 19.1 Å². The molecule has 1 fully saturated rings. The molecule has 0 N–H and O–H groups in total. The Bertz CT molecular complexity index is 702. The van der Waals surface area contributed by atoms with Crippen molar-refractivity contribution in [1.29, 1.82) is 0 Å². The van der Waals surface area contributed by atoms with Crippen LogP contribution >= 0.6 is 45.0 Å². The SMILES string of the molecule is COC1=CC=C(P2SP(=S)(c3ccc(OC)cc3)S2)C(=S)C1. The third-order valence-electron chi connectivity index (χ3n) is 3.26. The van der Waals surface area contributed by atoms with Gasteiger partial charge in [-0.3, -0.25) is 0 Å². The number of benzene rings is 1. The molecule has 0 saturated carbocycles. The van der Waals surface area contributed by atoms with E-state index in [-0.39, 0.29) is 6.33 Å². The topological polar surface area (TPSA) is 18.5 Å². The summed E-state index contributed by atoms with van der Waals surface area (Å²) in [6.07, 6.45) is 4.55. The first-order valence-electron chi connectivity index (χ1n) is 6.48.